The lowest BCUT2D eigenvalue weighted by atomic mass is 9.90. The number of carbonyl (C=O) groups is 1. The number of nitrogens with one attached hydrogen (secondary N) is 2. The minimum absolute atomic E-state index is 0.0119. The summed E-state index contributed by atoms with van der Waals surface area (Å²) in [5.41, 5.74) is -0.312. The number of hydrogen-bond donors (Lipinski definition) is 2. The van der Waals surface area contributed by atoms with Crippen molar-refractivity contribution in [1.82, 2.24) is 9.62 Å². The molecule has 1 amide bonds. The molecule has 26 heavy (non-hydrogen) atoms. The highest BCUT2D eigenvalue weighted by Gasteiger charge is 2.29. The zero-order chi connectivity index (χ0) is 20.1. The summed E-state index contributed by atoms with van der Waals surface area (Å²) in [5, 5.41) is 14.9. The third-order valence-electron chi connectivity index (χ3n) is 4.50. The van der Waals surface area contributed by atoms with Crippen LogP contribution in [0.4, 0.5) is 5.69 Å². The van der Waals surface area contributed by atoms with Crippen LogP contribution in [0.5, 0.6) is 0 Å². The van der Waals surface area contributed by atoms with Gasteiger partial charge in [-0.2, -0.15) is 9.57 Å². The molecule has 2 N–H and O–H groups in total. The lowest BCUT2D eigenvalue weighted by Crippen LogP contribution is -2.50. The number of nitrogens with zero attached hydrogens (tertiary/aromatic N) is 2. The van der Waals surface area contributed by atoms with Gasteiger partial charge >= 0.3 is 0 Å². The van der Waals surface area contributed by atoms with Gasteiger partial charge in [-0.1, -0.05) is 13.8 Å². The second kappa shape index (κ2) is 8.52. The predicted molar refractivity (Wildman–Crippen MR) is 102 cm³/mol. The Kier molecular flexibility index (Phi) is 7.18. The van der Waals surface area contributed by atoms with Gasteiger partial charge in [-0.05, 0) is 51.0 Å². The highest BCUT2D eigenvalue weighted by molar-refractivity contribution is 7.89. The number of nitriles is 1. The molecule has 0 aliphatic heterocycles. The molecular weight excluding hydrogens is 352 g/mol. The van der Waals surface area contributed by atoms with Crippen molar-refractivity contribution >= 4 is 21.6 Å². The Morgan fingerprint density at radius 3 is 2.19 bits per heavy atom. The normalized spacial score (nSPS) is 14.2. The van der Waals surface area contributed by atoms with Gasteiger partial charge in [0.1, 0.15) is 5.54 Å². The fourth-order valence-electron chi connectivity index (χ4n) is 2.01. The van der Waals surface area contributed by atoms with Crippen LogP contribution in [-0.2, 0) is 14.8 Å². The highest BCUT2D eigenvalue weighted by atomic mass is 32.2. The Balaban J connectivity index is 2.75. The van der Waals surface area contributed by atoms with Crippen LogP contribution in [0.3, 0.4) is 0 Å². The summed E-state index contributed by atoms with van der Waals surface area (Å²) < 4.78 is 26.1. The quantitative estimate of drug-likeness (QED) is 0.720. The average Bonchev–Trinajstić information content (AvgIpc) is 2.59. The molecule has 1 aromatic rings. The van der Waals surface area contributed by atoms with Gasteiger partial charge in [0.2, 0.25) is 15.9 Å². The first-order valence-corrected chi connectivity index (χ1v) is 9.92. The van der Waals surface area contributed by atoms with Gasteiger partial charge in [-0.15, -0.1) is 0 Å². The number of rotatable bonds is 8. The maximum atomic E-state index is 12.4. The van der Waals surface area contributed by atoms with Crippen LogP contribution in [0.1, 0.15) is 34.6 Å². The zero-order valence-corrected chi connectivity index (χ0v) is 17.0. The molecule has 0 saturated heterocycles. The summed E-state index contributed by atoms with van der Waals surface area (Å²) >= 11 is 0. The SMILES string of the molecule is CC(C)N(C)S(=O)(=O)c1ccc(NCC(=O)NC(C)(C#N)C(C)C)cc1. The second-order valence-corrected chi connectivity index (χ2v) is 9.01. The topological polar surface area (TPSA) is 102 Å². The van der Waals surface area contributed by atoms with E-state index in [0.717, 1.165) is 0 Å². The maximum absolute atomic E-state index is 12.4. The fraction of sp³-hybridized carbons (Fsp3) is 0.556. The summed E-state index contributed by atoms with van der Waals surface area (Å²) in [6, 6.07) is 8.20. The van der Waals surface area contributed by atoms with Crippen LogP contribution < -0.4 is 10.6 Å². The van der Waals surface area contributed by atoms with Gasteiger partial charge in [0, 0.05) is 18.8 Å². The molecule has 0 aliphatic carbocycles. The van der Waals surface area contributed by atoms with E-state index >= 15 is 0 Å². The summed E-state index contributed by atoms with van der Waals surface area (Å²) in [5.74, 6) is -0.335. The molecule has 0 heterocycles. The lowest BCUT2D eigenvalue weighted by molar-refractivity contribution is -0.121. The monoisotopic (exact) mass is 380 g/mol. The van der Waals surface area contributed by atoms with Crippen molar-refractivity contribution in [1.29, 1.82) is 5.26 Å². The maximum Gasteiger partial charge on any atom is 0.243 e. The molecular formula is C18H28N4O3S. The lowest BCUT2D eigenvalue weighted by Gasteiger charge is -2.27. The number of hydrogen-bond acceptors (Lipinski definition) is 5. The number of sulfonamides is 1. The Labute approximate surface area is 156 Å². The Morgan fingerprint density at radius 1 is 1.23 bits per heavy atom. The molecule has 0 aliphatic rings. The molecule has 0 aromatic heterocycles. The van der Waals surface area contributed by atoms with Gasteiger partial charge in [0.15, 0.2) is 0 Å². The van der Waals surface area contributed by atoms with Gasteiger partial charge < -0.3 is 10.6 Å². The molecule has 0 bridgehead atoms. The van der Waals surface area contributed by atoms with E-state index in [-0.39, 0.29) is 29.3 Å². The summed E-state index contributed by atoms with van der Waals surface area (Å²) in [6.07, 6.45) is 0. The van der Waals surface area contributed by atoms with E-state index in [9.17, 15) is 18.5 Å². The molecule has 8 heteroatoms. The first-order chi connectivity index (χ1) is 11.9. The fourth-order valence-corrected chi connectivity index (χ4v) is 3.37. The standard InChI is InChI=1S/C18H28N4O3S/c1-13(2)18(5,12-19)21-17(23)11-20-15-7-9-16(10-8-15)26(24,25)22(6)14(3)4/h7-10,13-14,20H,11H2,1-6H3,(H,21,23). The molecule has 1 unspecified atom stereocenters. The van der Waals surface area contributed by atoms with Crippen molar-refractivity contribution in [2.24, 2.45) is 5.92 Å². The van der Waals surface area contributed by atoms with Crippen molar-refractivity contribution in [3.05, 3.63) is 24.3 Å². The first-order valence-electron chi connectivity index (χ1n) is 8.48. The second-order valence-electron chi connectivity index (χ2n) is 7.01. The van der Waals surface area contributed by atoms with Crippen LogP contribution in [0.25, 0.3) is 0 Å². The van der Waals surface area contributed by atoms with Crippen LogP contribution in [-0.4, -0.2) is 43.8 Å². The zero-order valence-electron chi connectivity index (χ0n) is 16.2. The van der Waals surface area contributed by atoms with E-state index in [2.05, 4.69) is 16.7 Å². The van der Waals surface area contributed by atoms with Gasteiger partial charge in [0.05, 0.1) is 17.5 Å². The largest absolute Gasteiger partial charge is 0.376 e. The number of benzene rings is 1. The molecule has 0 radical (unpaired) electrons. The third kappa shape index (κ3) is 5.19. The summed E-state index contributed by atoms with van der Waals surface area (Å²) in [4.78, 5) is 12.3. The van der Waals surface area contributed by atoms with E-state index in [1.165, 1.54) is 23.5 Å². The molecule has 0 spiro atoms. The number of anilines is 1. The molecule has 144 valence electrons. The Hall–Kier alpha value is -2.11. The number of amides is 1. The molecule has 1 atom stereocenters. The van der Waals surface area contributed by atoms with Gasteiger partial charge in [-0.25, -0.2) is 8.42 Å². The highest BCUT2D eigenvalue weighted by Crippen LogP contribution is 2.19. The summed E-state index contributed by atoms with van der Waals surface area (Å²) in [7, 11) is -1.99. The van der Waals surface area contributed by atoms with Crippen LogP contribution in [0.15, 0.2) is 29.2 Å². The van der Waals surface area contributed by atoms with Crippen LogP contribution >= 0.6 is 0 Å². The van der Waals surface area contributed by atoms with E-state index < -0.39 is 15.6 Å². The smallest absolute Gasteiger partial charge is 0.243 e. The van der Waals surface area contributed by atoms with Crippen molar-refractivity contribution < 1.29 is 13.2 Å². The van der Waals surface area contributed by atoms with E-state index in [1.54, 1.807) is 32.9 Å². The van der Waals surface area contributed by atoms with Crippen LogP contribution in [0.2, 0.25) is 0 Å². The average molecular weight is 381 g/mol. The van der Waals surface area contributed by atoms with Crippen LogP contribution in [0, 0.1) is 17.2 Å². The van der Waals surface area contributed by atoms with Gasteiger partial charge in [0.25, 0.3) is 0 Å². The first kappa shape index (κ1) is 21.9. The number of carbonyl (C=O) groups excluding carboxylic acids is 1. The van der Waals surface area contributed by atoms with Crippen molar-refractivity contribution in [2.75, 3.05) is 18.9 Å². The van der Waals surface area contributed by atoms with Crippen molar-refractivity contribution in [2.45, 2.75) is 51.1 Å². The predicted octanol–water partition coefficient (Wildman–Crippen LogP) is 2.18. The van der Waals surface area contributed by atoms with Gasteiger partial charge in [-0.3, -0.25) is 4.79 Å². The summed E-state index contributed by atoms with van der Waals surface area (Å²) in [6.45, 7) is 9.01. The Bertz CT molecular complexity index is 767. The van der Waals surface area contributed by atoms with E-state index in [4.69, 9.17) is 0 Å². The van der Waals surface area contributed by atoms with Crippen molar-refractivity contribution in [3.63, 3.8) is 0 Å². The molecule has 0 saturated carbocycles. The minimum Gasteiger partial charge on any atom is -0.376 e. The molecule has 0 fully saturated rings. The molecule has 1 aromatic carbocycles. The van der Waals surface area contributed by atoms with E-state index in [1.807, 2.05) is 13.8 Å². The Morgan fingerprint density at radius 2 is 1.77 bits per heavy atom. The minimum atomic E-state index is -3.53. The molecule has 1 rings (SSSR count). The molecule has 7 nitrogen and oxygen atoms in total. The van der Waals surface area contributed by atoms with E-state index in [0.29, 0.717) is 5.69 Å². The third-order valence-corrected chi connectivity index (χ3v) is 6.55. The van der Waals surface area contributed by atoms with Crippen molar-refractivity contribution in [3.8, 4) is 6.07 Å².